The molecule has 1 amide bonds. The predicted octanol–water partition coefficient (Wildman–Crippen LogP) is 4.69. The maximum absolute atomic E-state index is 12.0. The molecule has 0 aliphatic rings. The Kier molecular flexibility index (Phi) is 6.15. The van der Waals surface area contributed by atoms with Gasteiger partial charge in [-0.15, -0.1) is 5.10 Å². The number of anilines is 2. The number of pyridine rings is 1. The van der Waals surface area contributed by atoms with Gasteiger partial charge in [0.15, 0.2) is 5.65 Å². The molecule has 4 N–H and O–H groups in total. The van der Waals surface area contributed by atoms with Crippen molar-refractivity contribution in [3.8, 4) is 22.6 Å². The van der Waals surface area contributed by atoms with E-state index in [1.54, 1.807) is 11.6 Å². The van der Waals surface area contributed by atoms with Gasteiger partial charge in [0, 0.05) is 22.9 Å². The molecule has 8 nitrogen and oxygen atoms in total. The zero-order valence-electron chi connectivity index (χ0n) is 20.1. The molecule has 0 radical (unpaired) electrons. The number of hydrogen-bond acceptors (Lipinski definition) is 6. The first-order chi connectivity index (χ1) is 16.3. The molecule has 8 heteroatoms. The van der Waals surface area contributed by atoms with Gasteiger partial charge in [-0.3, -0.25) is 4.79 Å². The second-order valence-corrected chi connectivity index (χ2v) is 8.28. The summed E-state index contributed by atoms with van der Waals surface area (Å²) in [7, 11) is 1.58. The molecule has 0 aliphatic carbocycles. The molecule has 0 spiro atoms. The smallest absolute Gasteiger partial charge is 0.249 e. The molecule has 0 saturated carbocycles. The first kappa shape index (κ1) is 23.1. The summed E-state index contributed by atoms with van der Waals surface area (Å²) >= 11 is 0. The SMILES string of the molecule is CCc1cc(C(N)=O)c(CC)c(OC)c1Nc1nc2ccc(-c3cc(C)c(O)c(C)c3)cn2n1. The zero-order chi connectivity index (χ0) is 24.6. The summed E-state index contributed by atoms with van der Waals surface area (Å²) in [5, 5.41) is 18.0. The summed E-state index contributed by atoms with van der Waals surface area (Å²) in [6.45, 7) is 7.72. The van der Waals surface area contributed by atoms with Crippen LogP contribution in [-0.4, -0.2) is 32.7 Å². The topological polar surface area (TPSA) is 115 Å². The minimum Gasteiger partial charge on any atom is -0.507 e. The van der Waals surface area contributed by atoms with Crippen molar-refractivity contribution >= 4 is 23.2 Å². The summed E-state index contributed by atoms with van der Waals surface area (Å²) in [5.41, 5.74) is 12.7. The second kappa shape index (κ2) is 9.05. The van der Waals surface area contributed by atoms with Crippen LogP contribution in [0.5, 0.6) is 11.5 Å². The molecule has 34 heavy (non-hydrogen) atoms. The average molecular weight is 460 g/mol. The Morgan fingerprint density at radius 1 is 1.12 bits per heavy atom. The monoisotopic (exact) mass is 459 g/mol. The van der Waals surface area contributed by atoms with Crippen molar-refractivity contribution in [2.24, 2.45) is 5.73 Å². The van der Waals surface area contributed by atoms with Gasteiger partial charge in [0.1, 0.15) is 11.5 Å². The fourth-order valence-corrected chi connectivity index (χ4v) is 4.31. The second-order valence-electron chi connectivity index (χ2n) is 8.28. The normalized spacial score (nSPS) is 11.1. The van der Waals surface area contributed by atoms with E-state index < -0.39 is 5.91 Å². The zero-order valence-corrected chi connectivity index (χ0v) is 20.1. The molecule has 4 rings (SSSR count). The molecule has 0 bridgehead atoms. The van der Waals surface area contributed by atoms with Crippen LogP contribution in [0.1, 0.15) is 46.5 Å². The van der Waals surface area contributed by atoms with Crippen LogP contribution in [0.4, 0.5) is 11.6 Å². The number of nitrogens with two attached hydrogens (primary N) is 1. The number of nitrogens with zero attached hydrogens (tertiary/aromatic N) is 3. The summed E-state index contributed by atoms with van der Waals surface area (Å²) in [6.07, 6.45) is 3.16. The van der Waals surface area contributed by atoms with Gasteiger partial charge in [-0.2, -0.15) is 4.98 Å². The van der Waals surface area contributed by atoms with Crippen molar-refractivity contribution in [1.29, 1.82) is 0 Å². The molecule has 0 fully saturated rings. The number of ether oxygens (including phenoxy) is 1. The number of nitrogens with one attached hydrogen (secondary N) is 1. The molecule has 2 heterocycles. The van der Waals surface area contributed by atoms with E-state index in [4.69, 9.17) is 10.5 Å². The van der Waals surface area contributed by atoms with Gasteiger partial charge in [-0.1, -0.05) is 13.8 Å². The lowest BCUT2D eigenvalue weighted by atomic mass is 9.96. The van der Waals surface area contributed by atoms with Gasteiger partial charge in [-0.25, -0.2) is 4.52 Å². The van der Waals surface area contributed by atoms with E-state index in [2.05, 4.69) is 15.4 Å². The number of primary amides is 1. The Hall–Kier alpha value is -4.07. The molecule has 0 atom stereocenters. The minimum absolute atomic E-state index is 0.312. The number of methoxy groups -OCH3 is 1. The Labute approximate surface area is 198 Å². The highest BCUT2D eigenvalue weighted by atomic mass is 16.5. The number of phenolic OH excluding ortho intramolecular Hbond substituents is 1. The van der Waals surface area contributed by atoms with Gasteiger partial charge in [0.25, 0.3) is 0 Å². The largest absolute Gasteiger partial charge is 0.507 e. The number of carbonyl (C=O) groups excluding carboxylic acids is 1. The summed E-state index contributed by atoms with van der Waals surface area (Å²) in [6, 6.07) is 9.59. The highest BCUT2D eigenvalue weighted by Gasteiger charge is 2.21. The van der Waals surface area contributed by atoms with E-state index in [-0.39, 0.29) is 0 Å². The van der Waals surface area contributed by atoms with E-state index in [1.807, 2.05) is 64.2 Å². The summed E-state index contributed by atoms with van der Waals surface area (Å²) < 4.78 is 7.42. The van der Waals surface area contributed by atoms with Crippen LogP contribution >= 0.6 is 0 Å². The third-order valence-electron chi connectivity index (χ3n) is 6.06. The summed E-state index contributed by atoms with van der Waals surface area (Å²) in [5.74, 6) is 0.823. The van der Waals surface area contributed by atoms with E-state index in [0.29, 0.717) is 41.5 Å². The number of fused-ring (bicyclic) bond motifs is 1. The Bertz CT molecular complexity index is 1380. The van der Waals surface area contributed by atoms with Crippen LogP contribution in [0.15, 0.2) is 36.5 Å². The lowest BCUT2D eigenvalue weighted by molar-refractivity contribution is 0.0999. The van der Waals surface area contributed by atoms with Crippen LogP contribution in [-0.2, 0) is 12.8 Å². The van der Waals surface area contributed by atoms with Crippen LogP contribution in [0.25, 0.3) is 16.8 Å². The van der Waals surface area contributed by atoms with Gasteiger partial charge >= 0.3 is 0 Å². The number of aryl methyl sites for hydroxylation is 3. The van der Waals surface area contributed by atoms with Crippen LogP contribution in [0.2, 0.25) is 0 Å². The van der Waals surface area contributed by atoms with Crippen LogP contribution in [0.3, 0.4) is 0 Å². The van der Waals surface area contributed by atoms with E-state index in [1.165, 1.54) is 0 Å². The van der Waals surface area contributed by atoms with Crippen LogP contribution < -0.4 is 15.8 Å². The van der Waals surface area contributed by atoms with Crippen LogP contribution in [0, 0.1) is 13.8 Å². The van der Waals surface area contributed by atoms with E-state index >= 15 is 0 Å². The Morgan fingerprint density at radius 2 is 1.82 bits per heavy atom. The molecule has 2 aromatic heterocycles. The van der Waals surface area contributed by atoms with Crippen molar-refractivity contribution in [3.05, 3.63) is 64.3 Å². The van der Waals surface area contributed by atoms with Gasteiger partial charge < -0.3 is 20.9 Å². The maximum Gasteiger partial charge on any atom is 0.249 e. The van der Waals surface area contributed by atoms with E-state index in [9.17, 15) is 9.90 Å². The number of hydrogen-bond donors (Lipinski definition) is 3. The lowest BCUT2D eigenvalue weighted by Crippen LogP contribution is -2.16. The number of rotatable bonds is 7. The quantitative estimate of drug-likeness (QED) is 0.369. The van der Waals surface area contributed by atoms with Crippen molar-refractivity contribution in [2.75, 3.05) is 12.4 Å². The molecule has 0 saturated heterocycles. The van der Waals surface area contributed by atoms with Crippen molar-refractivity contribution < 1.29 is 14.6 Å². The number of phenols is 1. The molecular formula is C26H29N5O3. The lowest BCUT2D eigenvalue weighted by Gasteiger charge is -2.19. The summed E-state index contributed by atoms with van der Waals surface area (Å²) in [4.78, 5) is 16.6. The molecule has 0 unspecified atom stereocenters. The molecule has 176 valence electrons. The maximum atomic E-state index is 12.0. The minimum atomic E-state index is -0.477. The number of aromatic hydroxyl groups is 1. The number of carbonyl (C=O) groups is 1. The first-order valence-electron chi connectivity index (χ1n) is 11.2. The molecule has 2 aromatic carbocycles. The van der Waals surface area contributed by atoms with Crippen molar-refractivity contribution in [1.82, 2.24) is 14.6 Å². The number of aromatic nitrogens is 3. The fourth-order valence-electron chi connectivity index (χ4n) is 4.31. The average Bonchev–Trinajstić information content (AvgIpc) is 3.22. The number of benzene rings is 2. The first-order valence-corrected chi connectivity index (χ1v) is 11.2. The van der Waals surface area contributed by atoms with Gasteiger partial charge in [-0.05, 0) is 79.3 Å². The highest BCUT2D eigenvalue weighted by Crippen LogP contribution is 2.37. The third kappa shape index (κ3) is 4.03. The standard InChI is InChI=1S/C26H29N5O3/c1-6-16-12-20(25(27)33)19(7-2)24(34-5)22(16)29-26-28-21-9-8-17(13-31(21)30-26)18-10-14(3)23(32)15(4)11-18/h8-13,32H,6-7H2,1-5H3,(H2,27,33)(H,29,30). The van der Waals surface area contributed by atoms with Crippen molar-refractivity contribution in [2.45, 2.75) is 40.5 Å². The molecular weight excluding hydrogens is 430 g/mol. The Balaban J connectivity index is 1.77. The molecule has 0 aliphatic heterocycles. The fraction of sp³-hybridized carbons (Fsp3) is 0.269. The van der Waals surface area contributed by atoms with Crippen molar-refractivity contribution in [3.63, 3.8) is 0 Å². The molecule has 4 aromatic rings. The highest BCUT2D eigenvalue weighted by molar-refractivity contribution is 5.97. The third-order valence-corrected chi connectivity index (χ3v) is 6.06. The number of amides is 1. The van der Waals surface area contributed by atoms with E-state index in [0.717, 1.165) is 39.1 Å². The predicted molar refractivity (Wildman–Crippen MR) is 133 cm³/mol. The Morgan fingerprint density at radius 3 is 2.41 bits per heavy atom. The van der Waals surface area contributed by atoms with Gasteiger partial charge in [0.2, 0.25) is 11.9 Å². The van der Waals surface area contributed by atoms with Gasteiger partial charge in [0.05, 0.1) is 12.8 Å².